The zero-order valence-corrected chi connectivity index (χ0v) is 11.8. The van der Waals surface area contributed by atoms with E-state index in [4.69, 9.17) is 5.11 Å². The maximum absolute atomic E-state index is 12.2. The summed E-state index contributed by atoms with van der Waals surface area (Å²) in [6, 6.07) is -1.26. The molecule has 2 atom stereocenters. The number of rotatable bonds is 4. The molecule has 6 nitrogen and oxygen atoms in total. The second kappa shape index (κ2) is 6.23. The molecular weight excluding hydrogens is 248 g/mol. The predicted molar refractivity (Wildman–Crippen MR) is 70.8 cm³/mol. The summed E-state index contributed by atoms with van der Waals surface area (Å²) in [4.78, 5) is 25.0. The first-order valence-corrected chi connectivity index (χ1v) is 6.68. The van der Waals surface area contributed by atoms with Crippen LogP contribution in [-0.2, 0) is 4.79 Å². The van der Waals surface area contributed by atoms with E-state index in [2.05, 4.69) is 5.32 Å². The Hall–Kier alpha value is -1.30. The number of hydrogen-bond donors (Lipinski definition) is 3. The Balaban J connectivity index is 2.69. The first-order valence-electron chi connectivity index (χ1n) is 6.68. The smallest absolute Gasteiger partial charge is 0.326 e. The summed E-state index contributed by atoms with van der Waals surface area (Å²) in [6.07, 6.45) is 2.30. The topological polar surface area (TPSA) is 89.9 Å². The van der Waals surface area contributed by atoms with Crippen LogP contribution in [0.3, 0.4) is 0 Å². The standard InChI is InChI=1S/C13H24N2O4/c1-13(2,3)10(11(17)18)14-12(19)15-7-4-5-9(15)6-8-16/h9-10,16H,4-8H2,1-3H3,(H,14,19)(H,17,18)/t9?,10-/m1/s1. The van der Waals surface area contributed by atoms with Crippen LogP contribution in [0.4, 0.5) is 4.79 Å². The van der Waals surface area contributed by atoms with Gasteiger partial charge in [0, 0.05) is 19.2 Å². The fourth-order valence-electron chi connectivity index (χ4n) is 2.41. The van der Waals surface area contributed by atoms with Gasteiger partial charge in [0.1, 0.15) is 6.04 Å². The first-order chi connectivity index (χ1) is 8.77. The quantitative estimate of drug-likeness (QED) is 0.713. The number of hydrogen-bond acceptors (Lipinski definition) is 3. The molecule has 0 radical (unpaired) electrons. The minimum absolute atomic E-state index is 0.0133. The minimum atomic E-state index is -1.03. The molecule has 1 fully saturated rings. The predicted octanol–water partition coefficient (Wildman–Crippen LogP) is 1.04. The molecule has 1 aliphatic heterocycles. The molecule has 1 unspecified atom stereocenters. The van der Waals surface area contributed by atoms with Crippen LogP contribution in [-0.4, -0.2) is 52.3 Å². The normalized spacial score (nSPS) is 21.3. The number of nitrogens with one attached hydrogen (secondary N) is 1. The van der Waals surface area contributed by atoms with Crippen LogP contribution in [0.1, 0.15) is 40.0 Å². The molecule has 0 saturated carbocycles. The van der Waals surface area contributed by atoms with Gasteiger partial charge >= 0.3 is 12.0 Å². The molecule has 0 aromatic heterocycles. The number of likely N-dealkylation sites (tertiary alicyclic amines) is 1. The van der Waals surface area contributed by atoms with Crippen LogP contribution in [0.15, 0.2) is 0 Å². The van der Waals surface area contributed by atoms with E-state index in [0.29, 0.717) is 13.0 Å². The Morgan fingerprint density at radius 1 is 1.42 bits per heavy atom. The number of aliphatic hydroxyl groups is 1. The monoisotopic (exact) mass is 272 g/mol. The Morgan fingerprint density at radius 3 is 2.53 bits per heavy atom. The van der Waals surface area contributed by atoms with Crippen molar-refractivity contribution in [2.75, 3.05) is 13.2 Å². The fraction of sp³-hybridized carbons (Fsp3) is 0.846. The molecule has 0 spiro atoms. The lowest BCUT2D eigenvalue weighted by molar-refractivity contribution is -0.142. The number of carboxylic acids is 1. The van der Waals surface area contributed by atoms with Gasteiger partial charge in [-0.05, 0) is 24.7 Å². The van der Waals surface area contributed by atoms with Crippen LogP contribution in [0.2, 0.25) is 0 Å². The summed E-state index contributed by atoms with van der Waals surface area (Å²) in [5.41, 5.74) is -0.548. The lowest BCUT2D eigenvalue weighted by Crippen LogP contribution is -2.54. The number of carboxylic acid groups (broad SMARTS) is 1. The van der Waals surface area contributed by atoms with Crippen molar-refractivity contribution in [2.24, 2.45) is 5.41 Å². The van der Waals surface area contributed by atoms with E-state index in [1.807, 2.05) is 0 Å². The lowest BCUT2D eigenvalue weighted by Gasteiger charge is -2.31. The molecule has 1 heterocycles. The Labute approximate surface area is 113 Å². The Kier molecular flexibility index (Phi) is 5.17. The van der Waals surface area contributed by atoms with Gasteiger partial charge in [0.2, 0.25) is 0 Å². The van der Waals surface area contributed by atoms with Gasteiger partial charge in [-0.1, -0.05) is 20.8 Å². The molecule has 0 aromatic carbocycles. The van der Waals surface area contributed by atoms with E-state index >= 15 is 0 Å². The highest BCUT2D eigenvalue weighted by atomic mass is 16.4. The highest BCUT2D eigenvalue weighted by Gasteiger charge is 2.36. The van der Waals surface area contributed by atoms with Gasteiger partial charge in [-0.15, -0.1) is 0 Å². The van der Waals surface area contributed by atoms with Crippen LogP contribution >= 0.6 is 0 Å². The van der Waals surface area contributed by atoms with Gasteiger partial charge < -0.3 is 20.4 Å². The molecule has 0 bridgehead atoms. The van der Waals surface area contributed by atoms with Crippen molar-refractivity contribution in [3.05, 3.63) is 0 Å². The molecule has 0 aromatic rings. The van der Waals surface area contributed by atoms with Crippen molar-refractivity contribution in [1.82, 2.24) is 10.2 Å². The van der Waals surface area contributed by atoms with E-state index in [1.54, 1.807) is 25.7 Å². The largest absolute Gasteiger partial charge is 0.480 e. The summed E-state index contributed by atoms with van der Waals surface area (Å²) < 4.78 is 0. The van der Waals surface area contributed by atoms with E-state index in [9.17, 15) is 14.7 Å². The van der Waals surface area contributed by atoms with E-state index in [-0.39, 0.29) is 18.7 Å². The van der Waals surface area contributed by atoms with Crippen molar-refractivity contribution in [2.45, 2.75) is 52.1 Å². The van der Waals surface area contributed by atoms with Crippen molar-refractivity contribution in [1.29, 1.82) is 0 Å². The van der Waals surface area contributed by atoms with Crippen LogP contribution in [0, 0.1) is 5.41 Å². The van der Waals surface area contributed by atoms with Crippen LogP contribution in [0.5, 0.6) is 0 Å². The lowest BCUT2D eigenvalue weighted by atomic mass is 9.87. The van der Waals surface area contributed by atoms with Gasteiger partial charge in [-0.3, -0.25) is 0 Å². The molecule has 1 saturated heterocycles. The number of nitrogens with zero attached hydrogens (tertiary/aromatic N) is 1. The molecule has 1 aliphatic rings. The van der Waals surface area contributed by atoms with Crippen molar-refractivity contribution < 1.29 is 19.8 Å². The van der Waals surface area contributed by atoms with Crippen molar-refractivity contribution in [3.63, 3.8) is 0 Å². The second-order valence-corrected chi connectivity index (χ2v) is 6.09. The second-order valence-electron chi connectivity index (χ2n) is 6.09. The molecular formula is C13H24N2O4. The van der Waals surface area contributed by atoms with E-state index < -0.39 is 17.4 Å². The van der Waals surface area contributed by atoms with Crippen LogP contribution < -0.4 is 5.32 Å². The zero-order chi connectivity index (χ0) is 14.6. The SMILES string of the molecule is CC(C)(C)[C@H](NC(=O)N1CCCC1CCO)C(=O)O. The number of urea groups is 1. The Morgan fingerprint density at radius 2 is 2.05 bits per heavy atom. The maximum atomic E-state index is 12.2. The van der Waals surface area contributed by atoms with E-state index in [0.717, 1.165) is 12.8 Å². The summed E-state index contributed by atoms with van der Waals surface area (Å²) in [5, 5.41) is 20.8. The third kappa shape index (κ3) is 4.09. The first kappa shape index (κ1) is 15.8. The fourth-order valence-corrected chi connectivity index (χ4v) is 2.41. The summed E-state index contributed by atoms with van der Waals surface area (Å²) in [7, 11) is 0. The number of aliphatic hydroxyl groups excluding tert-OH is 1. The summed E-state index contributed by atoms with van der Waals surface area (Å²) in [6.45, 7) is 5.99. The number of carbonyl (C=O) groups is 2. The molecule has 19 heavy (non-hydrogen) atoms. The number of aliphatic carboxylic acids is 1. The van der Waals surface area contributed by atoms with Gasteiger partial charge in [-0.25, -0.2) is 9.59 Å². The average molecular weight is 272 g/mol. The van der Waals surface area contributed by atoms with Gasteiger partial charge in [0.05, 0.1) is 0 Å². The molecule has 6 heteroatoms. The summed E-state index contributed by atoms with van der Waals surface area (Å²) in [5.74, 6) is -1.03. The minimum Gasteiger partial charge on any atom is -0.480 e. The maximum Gasteiger partial charge on any atom is 0.326 e. The van der Waals surface area contributed by atoms with Gasteiger partial charge in [0.25, 0.3) is 0 Å². The van der Waals surface area contributed by atoms with Gasteiger partial charge in [0.15, 0.2) is 0 Å². The highest BCUT2D eigenvalue weighted by molar-refractivity contribution is 5.83. The third-order valence-electron chi connectivity index (χ3n) is 3.48. The van der Waals surface area contributed by atoms with E-state index in [1.165, 1.54) is 0 Å². The molecule has 0 aliphatic carbocycles. The number of carbonyl (C=O) groups excluding carboxylic acids is 1. The molecule has 1 rings (SSSR count). The van der Waals surface area contributed by atoms with Crippen molar-refractivity contribution in [3.8, 4) is 0 Å². The zero-order valence-electron chi connectivity index (χ0n) is 11.8. The molecule has 110 valence electrons. The highest BCUT2D eigenvalue weighted by Crippen LogP contribution is 2.23. The summed E-state index contributed by atoms with van der Waals surface area (Å²) >= 11 is 0. The average Bonchev–Trinajstić information content (AvgIpc) is 2.72. The Bertz CT molecular complexity index is 338. The third-order valence-corrected chi connectivity index (χ3v) is 3.48. The van der Waals surface area contributed by atoms with Gasteiger partial charge in [-0.2, -0.15) is 0 Å². The number of amides is 2. The van der Waals surface area contributed by atoms with Crippen LogP contribution in [0.25, 0.3) is 0 Å². The molecule has 3 N–H and O–H groups in total. The van der Waals surface area contributed by atoms with Crippen molar-refractivity contribution >= 4 is 12.0 Å². The molecule has 2 amide bonds.